The molecule has 0 aromatic rings. The third-order valence-corrected chi connectivity index (χ3v) is 1.47. The van der Waals surface area contributed by atoms with Crippen LogP contribution in [0.15, 0.2) is 36.5 Å². The molecule has 0 N–H and O–H groups in total. The maximum absolute atomic E-state index is 9.56. The van der Waals surface area contributed by atoms with E-state index >= 15 is 0 Å². The van der Waals surface area contributed by atoms with Crippen molar-refractivity contribution < 1.29 is 49.8 Å². The molecule has 0 aliphatic rings. The van der Waals surface area contributed by atoms with Gasteiger partial charge in [0.25, 0.3) is 0 Å². The van der Waals surface area contributed by atoms with E-state index in [0.29, 0.717) is 0 Å². The fourth-order valence-electron chi connectivity index (χ4n) is 0.642. The van der Waals surface area contributed by atoms with Gasteiger partial charge in [-0.15, -0.1) is 0 Å². The van der Waals surface area contributed by atoms with Crippen LogP contribution in [0.3, 0.4) is 0 Å². The maximum atomic E-state index is 9.56. The molecule has 0 atom stereocenters. The Bertz CT molecular complexity index is 315. The Labute approximate surface area is 144 Å². The van der Waals surface area contributed by atoms with Crippen LogP contribution >= 0.6 is 0 Å². The van der Waals surface area contributed by atoms with Crippen LogP contribution in [0.5, 0.6) is 0 Å². The number of aliphatic carboxylic acids is 3. The van der Waals surface area contributed by atoms with Gasteiger partial charge in [0.05, 0.1) is 17.9 Å². The summed E-state index contributed by atoms with van der Waals surface area (Å²) in [5.74, 6) is -3.37. The first-order valence-electron chi connectivity index (χ1n) is 6.44. The molecule has 0 bridgehead atoms. The van der Waals surface area contributed by atoms with Crippen molar-refractivity contribution in [1.82, 2.24) is 0 Å². The molecule has 0 aromatic heterocycles. The second-order valence-corrected chi connectivity index (χ2v) is 3.39. The molecule has 0 unspecified atom stereocenters. The van der Waals surface area contributed by atoms with Crippen molar-refractivity contribution in [2.45, 2.75) is 40.0 Å². The number of carbonyl (C=O) groups is 3. The molecule has 7 heteroatoms. The normalized spacial score (nSPS) is 9.41. The van der Waals surface area contributed by atoms with Gasteiger partial charge in [0, 0.05) is 0 Å². The van der Waals surface area contributed by atoms with E-state index in [1.807, 2.05) is 20.8 Å². The molecule has 0 saturated heterocycles. The van der Waals surface area contributed by atoms with Crippen LogP contribution < -0.4 is 15.3 Å². The number of hydrogen-bond acceptors (Lipinski definition) is 6. The zero-order chi connectivity index (χ0) is 17.1. The Kier molecular flexibility index (Phi) is 31.4. The number of carboxylic acid groups (broad SMARTS) is 3. The van der Waals surface area contributed by atoms with Gasteiger partial charge in [-0.3, -0.25) is 0 Å². The topological polar surface area (TPSA) is 120 Å². The van der Waals surface area contributed by atoms with Gasteiger partial charge in [-0.2, -0.15) is 0 Å². The largest absolute Gasteiger partial charge is 3.00 e. The molecule has 6 nitrogen and oxygen atoms in total. The minimum atomic E-state index is -1.12. The molecule has 0 radical (unpaired) electrons. The van der Waals surface area contributed by atoms with E-state index in [1.165, 1.54) is 18.2 Å². The summed E-state index contributed by atoms with van der Waals surface area (Å²) in [6, 6.07) is 0. The number of rotatable bonds is 6. The maximum Gasteiger partial charge on any atom is 3.00 e. The van der Waals surface area contributed by atoms with Crippen molar-refractivity contribution in [1.29, 1.82) is 0 Å². The molecule has 0 fully saturated rings. The van der Waals surface area contributed by atoms with Crippen LogP contribution in [0.2, 0.25) is 0 Å². The average Bonchev–Trinajstić information content (AvgIpc) is 2.41. The van der Waals surface area contributed by atoms with E-state index in [1.54, 1.807) is 0 Å². The van der Waals surface area contributed by atoms with Gasteiger partial charge in [-0.25, -0.2) is 0 Å². The number of allylic oxidation sites excluding steroid dienone is 3. The molecular weight excluding hydrogens is 468 g/mol. The first-order valence-corrected chi connectivity index (χ1v) is 6.44. The zero-order valence-electron chi connectivity index (χ0n) is 12.9. The van der Waals surface area contributed by atoms with E-state index in [2.05, 4.69) is 0 Å². The molecule has 126 valence electrons. The van der Waals surface area contributed by atoms with Gasteiger partial charge in [-0.1, -0.05) is 39.0 Å². The monoisotopic (exact) mass is 490 g/mol. The van der Waals surface area contributed by atoms with Crippen LogP contribution in [0, 0.1) is 0 Å². The Morgan fingerprint density at radius 1 is 0.636 bits per heavy atom. The van der Waals surface area contributed by atoms with Crippen LogP contribution in [-0.4, -0.2) is 17.9 Å². The zero-order valence-corrected chi connectivity index (χ0v) is 15.3. The van der Waals surface area contributed by atoms with Gasteiger partial charge >= 0.3 is 20.1 Å². The van der Waals surface area contributed by atoms with E-state index in [4.69, 9.17) is 0 Å². The predicted molar refractivity (Wildman–Crippen MR) is 73.3 cm³/mol. The molecule has 0 aliphatic carbocycles. The van der Waals surface area contributed by atoms with E-state index in [9.17, 15) is 29.7 Å². The summed E-state index contributed by atoms with van der Waals surface area (Å²) >= 11 is 0. The van der Waals surface area contributed by atoms with Crippen molar-refractivity contribution in [3.05, 3.63) is 36.5 Å². The fourth-order valence-corrected chi connectivity index (χ4v) is 0.642. The van der Waals surface area contributed by atoms with Gasteiger partial charge in [0.2, 0.25) is 0 Å². The number of hydrogen-bond donors (Lipinski definition) is 0. The predicted octanol–water partition coefficient (Wildman–Crippen LogP) is -0.895. The summed E-state index contributed by atoms with van der Waals surface area (Å²) in [4.78, 5) is 28.7. The summed E-state index contributed by atoms with van der Waals surface area (Å²) in [7, 11) is 0. The fraction of sp³-hybridized carbons (Fsp3) is 0.400. The van der Waals surface area contributed by atoms with Crippen molar-refractivity contribution in [2.75, 3.05) is 0 Å². The summed E-state index contributed by atoms with van der Waals surface area (Å²) in [5, 5.41) is 28.7. The molecule has 22 heavy (non-hydrogen) atoms. The van der Waals surface area contributed by atoms with Crippen molar-refractivity contribution in [2.24, 2.45) is 0 Å². The van der Waals surface area contributed by atoms with E-state index < -0.39 is 17.9 Å². The second kappa shape index (κ2) is 24.3. The second-order valence-electron chi connectivity index (χ2n) is 3.39. The summed E-state index contributed by atoms with van der Waals surface area (Å²) < 4.78 is 0. The van der Waals surface area contributed by atoms with Crippen LogP contribution in [0.25, 0.3) is 0 Å². The van der Waals surface area contributed by atoms with Crippen LogP contribution in [0.1, 0.15) is 40.0 Å². The van der Waals surface area contributed by atoms with Crippen LogP contribution in [-0.2, 0) is 34.5 Å². The van der Waals surface area contributed by atoms with Crippen molar-refractivity contribution >= 4 is 17.9 Å². The molecule has 0 spiro atoms. The first-order chi connectivity index (χ1) is 9.81. The Morgan fingerprint density at radius 2 is 0.818 bits per heavy atom. The molecule has 0 aliphatic heterocycles. The Morgan fingerprint density at radius 3 is 0.864 bits per heavy atom. The summed E-state index contributed by atoms with van der Waals surface area (Å²) in [6.07, 6.45) is 9.93. The van der Waals surface area contributed by atoms with Crippen LogP contribution in [0.4, 0.5) is 0 Å². The molecule has 0 amide bonds. The number of carboxylic acids is 3. The molecular formula is C15H21IrO6. The number of carbonyl (C=O) groups excluding carboxylic acids is 3. The molecule has 0 saturated carbocycles. The van der Waals surface area contributed by atoms with Crippen molar-refractivity contribution in [3.63, 3.8) is 0 Å². The summed E-state index contributed by atoms with van der Waals surface area (Å²) in [5.41, 5.74) is 0. The SMILES string of the molecule is CCC=CC(=O)[O-].CCC=CC(=O)[O-].CCC=CC(=O)[O-].[Ir+3]. The van der Waals surface area contributed by atoms with Crippen molar-refractivity contribution in [3.8, 4) is 0 Å². The Hall–Kier alpha value is -1.72. The standard InChI is InChI=1S/3C5H8O2.Ir/c3*1-2-3-4-5(6)7;/h3*3-4H,2H2,1H3,(H,6,7);/q;;;+3/p-3. The Balaban J connectivity index is -0.000000108. The van der Waals surface area contributed by atoms with Gasteiger partial charge < -0.3 is 29.7 Å². The van der Waals surface area contributed by atoms with Gasteiger partial charge in [0.1, 0.15) is 0 Å². The average molecular weight is 490 g/mol. The quantitative estimate of drug-likeness (QED) is 0.446. The smallest absolute Gasteiger partial charge is 0.545 e. The van der Waals surface area contributed by atoms with E-state index in [0.717, 1.165) is 37.5 Å². The molecule has 0 heterocycles. The minimum absolute atomic E-state index is 0. The van der Waals surface area contributed by atoms with E-state index in [-0.39, 0.29) is 20.1 Å². The minimum Gasteiger partial charge on any atom is -0.545 e. The molecule has 0 rings (SSSR count). The van der Waals surface area contributed by atoms with Gasteiger partial charge in [-0.05, 0) is 37.5 Å². The van der Waals surface area contributed by atoms with Gasteiger partial charge in [0.15, 0.2) is 0 Å². The third kappa shape index (κ3) is 51.7. The third-order valence-electron chi connectivity index (χ3n) is 1.47. The summed E-state index contributed by atoms with van der Waals surface area (Å²) in [6.45, 7) is 5.58. The first kappa shape index (κ1) is 28.4. The molecule has 0 aromatic carbocycles.